The molecule has 0 bridgehead atoms. The topological polar surface area (TPSA) is 96.2 Å². The van der Waals surface area contributed by atoms with Crippen LogP contribution in [0.25, 0.3) is 10.9 Å². The molecular formula is C22H24FN7O2. The molecule has 9 nitrogen and oxygen atoms in total. The van der Waals surface area contributed by atoms with E-state index in [0.29, 0.717) is 47.0 Å². The summed E-state index contributed by atoms with van der Waals surface area (Å²) in [6.45, 7) is 3.23. The highest BCUT2D eigenvalue weighted by atomic mass is 19.1. The molecule has 166 valence electrons. The van der Waals surface area contributed by atoms with Crippen molar-refractivity contribution in [1.29, 1.82) is 0 Å². The van der Waals surface area contributed by atoms with Crippen molar-refractivity contribution in [1.82, 2.24) is 19.5 Å². The molecule has 1 amide bonds. The summed E-state index contributed by atoms with van der Waals surface area (Å²) in [5.74, 6) is 0.919. The molecule has 4 heterocycles. The minimum absolute atomic E-state index is 0.0511. The lowest BCUT2D eigenvalue weighted by atomic mass is 10.1. The largest absolute Gasteiger partial charge is 0.354 e. The number of hydrogen-bond donors (Lipinski definition) is 1. The average molecular weight is 437 g/mol. The highest BCUT2D eigenvalue weighted by molar-refractivity contribution is 6.13. The molecule has 0 spiro atoms. The average Bonchev–Trinajstić information content (AvgIpc) is 3.23. The molecule has 0 saturated carbocycles. The molecule has 1 aromatic carbocycles. The first-order valence-corrected chi connectivity index (χ1v) is 10.9. The third-order valence-corrected chi connectivity index (χ3v) is 6.07. The van der Waals surface area contributed by atoms with Gasteiger partial charge in [0.2, 0.25) is 5.95 Å². The zero-order chi connectivity index (χ0) is 22.2. The fraction of sp³-hybridized carbons (Fsp3) is 0.409. The van der Waals surface area contributed by atoms with Gasteiger partial charge in [0.1, 0.15) is 23.6 Å². The van der Waals surface area contributed by atoms with Crippen LogP contribution < -0.4 is 20.7 Å². The van der Waals surface area contributed by atoms with E-state index in [4.69, 9.17) is 0 Å². The number of nitrogens with zero attached hydrogens (tertiary/aromatic N) is 6. The predicted octanol–water partition coefficient (Wildman–Crippen LogP) is 2.22. The lowest BCUT2D eigenvalue weighted by molar-refractivity contribution is 0.0988. The van der Waals surface area contributed by atoms with Gasteiger partial charge < -0.3 is 15.1 Å². The molecule has 5 rings (SSSR count). The molecule has 32 heavy (non-hydrogen) atoms. The maximum atomic E-state index is 13.7. The second-order valence-corrected chi connectivity index (χ2v) is 7.97. The fourth-order valence-corrected chi connectivity index (χ4v) is 4.58. The summed E-state index contributed by atoms with van der Waals surface area (Å²) < 4.78 is 14.1. The summed E-state index contributed by atoms with van der Waals surface area (Å²) in [5.41, 5.74) is 1.10. The number of aromatic nitrogens is 4. The summed E-state index contributed by atoms with van der Waals surface area (Å²) in [6, 6.07) is 5.29. The van der Waals surface area contributed by atoms with Crippen LogP contribution in [0.3, 0.4) is 0 Å². The summed E-state index contributed by atoms with van der Waals surface area (Å²) in [4.78, 5) is 43.7. The zero-order valence-corrected chi connectivity index (χ0v) is 17.8. The molecule has 2 aliphatic heterocycles. The first-order chi connectivity index (χ1) is 15.6. The number of nitrogens with one attached hydrogen (secondary N) is 1. The number of amides is 1. The van der Waals surface area contributed by atoms with Crippen LogP contribution in [0, 0.1) is 0 Å². The predicted molar refractivity (Wildman–Crippen MR) is 120 cm³/mol. The van der Waals surface area contributed by atoms with Gasteiger partial charge >= 0.3 is 0 Å². The van der Waals surface area contributed by atoms with Gasteiger partial charge in [-0.2, -0.15) is 4.98 Å². The van der Waals surface area contributed by atoms with Gasteiger partial charge in [0.25, 0.3) is 11.5 Å². The number of anilines is 3. The third-order valence-electron chi connectivity index (χ3n) is 6.07. The smallest absolute Gasteiger partial charge is 0.263 e. The lowest BCUT2D eigenvalue weighted by Crippen LogP contribution is -2.40. The number of aryl methyl sites for hydroxylation is 1. The summed E-state index contributed by atoms with van der Waals surface area (Å²) >= 11 is 0. The lowest BCUT2D eigenvalue weighted by Gasteiger charge is -2.27. The van der Waals surface area contributed by atoms with Gasteiger partial charge in [-0.3, -0.25) is 14.2 Å². The Hall–Kier alpha value is -3.56. The van der Waals surface area contributed by atoms with Gasteiger partial charge in [-0.1, -0.05) is 6.07 Å². The van der Waals surface area contributed by atoms with Crippen LogP contribution in [0.15, 0.2) is 35.5 Å². The second kappa shape index (κ2) is 8.18. The standard InChI is InChI=1S/C22H24FN7O2/c1-2-24-22-25-11-16-19(27-22)29-9-4-5-14(29)12-30(21(16)32)17-7-3-6-15-18(17)26-13-28(10-8-23)20(15)31/h3,6-7,11,13-14H,2,4-5,8-10,12H2,1H3,(H,24,25,27)/t14-/m0/s1. The van der Waals surface area contributed by atoms with Gasteiger partial charge in [0.15, 0.2) is 0 Å². The Morgan fingerprint density at radius 1 is 1.25 bits per heavy atom. The van der Waals surface area contributed by atoms with Crippen molar-refractivity contribution < 1.29 is 9.18 Å². The Bertz CT molecular complexity index is 1240. The number of carbonyl (C=O) groups is 1. The molecule has 1 fully saturated rings. The fourth-order valence-electron chi connectivity index (χ4n) is 4.58. The normalized spacial score (nSPS) is 17.9. The number of fused-ring (bicyclic) bond motifs is 4. The molecule has 1 atom stereocenters. The Morgan fingerprint density at radius 3 is 2.94 bits per heavy atom. The second-order valence-electron chi connectivity index (χ2n) is 7.97. The van der Waals surface area contributed by atoms with Crippen LogP contribution in [0.2, 0.25) is 0 Å². The Kier molecular flexibility index (Phi) is 5.20. The van der Waals surface area contributed by atoms with Gasteiger partial charge in [-0.05, 0) is 31.9 Å². The number of rotatable bonds is 5. The highest BCUT2D eigenvalue weighted by Gasteiger charge is 2.38. The molecule has 0 radical (unpaired) electrons. The van der Waals surface area contributed by atoms with Crippen molar-refractivity contribution in [2.45, 2.75) is 32.4 Å². The monoisotopic (exact) mass is 437 g/mol. The molecule has 10 heteroatoms. The van der Waals surface area contributed by atoms with Gasteiger partial charge in [-0.25, -0.2) is 14.4 Å². The minimum Gasteiger partial charge on any atom is -0.354 e. The molecule has 2 aliphatic rings. The number of halogens is 1. The van der Waals surface area contributed by atoms with Crippen molar-refractivity contribution in [2.75, 3.05) is 41.4 Å². The first kappa shape index (κ1) is 20.3. The van der Waals surface area contributed by atoms with Crippen LogP contribution in [0.4, 0.5) is 21.8 Å². The van der Waals surface area contributed by atoms with E-state index in [0.717, 1.165) is 19.4 Å². The van der Waals surface area contributed by atoms with Gasteiger partial charge in [-0.15, -0.1) is 0 Å². The number of alkyl halides is 1. The van der Waals surface area contributed by atoms with Gasteiger partial charge in [0, 0.05) is 31.9 Å². The van der Waals surface area contributed by atoms with E-state index in [-0.39, 0.29) is 24.1 Å². The molecule has 3 aromatic rings. The van der Waals surface area contributed by atoms with E-state index in [1.165, 1.54) is 10.9 Å². The van der Waals surface area contributed by atoms with Crippen LogP contribution >= 0.6 is 0 Å². The number of para-hydroxylation sites is 1. The van der Waals surface area contributed by atoms with Crippen LogP contribution in [0.5, 0.6) is 0 Å². The van der Waals surface area contributed by atoms with E-state index >= 15 is 0 Å². The molecular weight excluding hydrogens is 413 g/mol. The van der Waals surface area contributed by atoms with Crippen molar-refractivity contribution in [2.24, 2.45) is 0 Å². The van der Waals surface area contributed by atoms with Crippen molar-refractivity contribution in [3.8, 4) is 0 Å². The Morgan fingerprint density at radius 2 is 2.12 bits per heavy atom. The Balaban J connectivity index is 1.64. The van der Waals surface area contributed by atoms with E-state index in [2.05, 4.69) is 25.2 Å². The minimum atomic E-state index is -0.652. The number of hydrogen-bond acceptors (Lipinski definition) is 7. The molecule has 0 aliphatic carbocycles. The quantitative estimate of drug-likeness (QED) is 0.654. The van der Waals surface area contributed by atoms with E-state index in [9.17, 15) is 14.0 Å². The number of carbonyl (C=O) groups excluding carboxylic acids is 1. The summed E-state index contributed by atoms with van der Waals surface area (Å²) in [6.07, 6.45) is 4.86. The van der Waals surface area contributed by atoms with Crippen molar-refractivity contribution >= 4 is 34.3 Å². The highest BCUT2D eigenvalue weighted by Crippen LogP contribution is 2.35. The molecule has 2 aromatic heterocycles. The van der Waals surface area contributed by atoms with E-state index < -0.39 is 6.67 Å². The van der Waals surface area contributed by atoms with E-state index in [1.54, 1.807) is 29.3 Å². The van der Waals surface area contributed by atoms with E-state index in [1.807, 2.05) is 6.92 Å². The molecule has 1 N–H and O–H groups in total. The summed E-state index contributed by atoms with van der Waals surface area (Å²) in [5, 5.41) is 3.47. The molecule has 1 saturated heterocycles. The first-order valence-electron chi connectivity index (χ1n) is 10.9. The maximum Gasteiger partial charge on any atom is 0.263 e. The van der Waals surface area contributed by atoms with Crippen molar-refractivity contribution in [3.63, 3.8) is 0 Å². The zero-order valence-electron chi connectivity index (χ0n) is 17.8. The van der Waals surface area contributed by atoms with Crippen LogP contribution in [0.1, 0.15) is 30.1 Å². The maximum absolute atomic E-state index is 13.7. The SMILES string of the molecule is CCNc1ncc2c(n1)N1CCC[C@H]1CN(c1cccc3c(=O)n(CCF)cnc13)C2=O. The third kappa shape index (κ3) is 3.26. The Labute approximate surface area is 183 Å². The number of benzene rings is 1. The molecule has 0 unspecified atom stereocenters. The van der Waals surface area contributed by atoms with Gasteiger partial charge in [0.05, 0.1) is 23.9 Å². The summed E-state index contributed by atoms with van der Waals surface area (Å²) in [7, 11) is 0. The van der Waals surface area contributed by atoms with Crippen LogP contribution in [-0.2, 0) is 6.54 Å². The van der Waals surface area contributed by atoms with Crippen LogP contribution in [-0.4, -0.2) is 57.8 Å². The van der Waals surface area contributed by atoms with Crippen molar-refractivity contribution in [3.05, 3.63) is 46.6 Å².